The van der Waals surface area contributed by atoms with E-state index in [4.69, 9.17) is 9.47 Å². The Hall–Kier alpha value is -2.91. The molecular formula is C17H24FN3O6. The van der Waals surface area contributed by atoms with Gasteiger partial charge in [-0.2, -0.15) is 0 Å². The standard InChI is InChI=1S/C17H24FN3O6/c1-11(22)26-10-7-12-13(18)5-6-14(21(24)25)15(12)19-8-9-20-16(23)27-17(2,3)4/h5-6,19H,7-10H2,1-4H3,(H,20,23). The van der Waals surface area contributed by atoms with Crippen LogP contribution in [0.2, 0.25) is 0 Å². The molecule has 0 saturated carbocycles. The smallest absolute Gasteiger partial charge is 0.407 e. The molecule has 0 radical (unpaired) electrons. The number of hydrogen-bond donors (Lipinski definition) is 2. The van der Waals surface area contributed by atoms with Crippen molar-refractivity contribution in [3.63, 3.8) is 0 Å². The highest BCUT2D eigenvalue weighted by atomic mass is 19.1. The number of nitrogens with zero attached hydrogens (tertiary/aromatic N) is 1. The van der Waals surface area contributed by atoms with E-state index in [1.807, 2.05) is 0 Å². The quantitative estimate of drug-likeness (QED) is 0.305. The number of carbonyl (C=O) groups excluding carboxylic acids is 2. The molecule has 2 N–H and O–H groups in total. The molecule has 0 bridgehead atoms. The molecule has 1 amide bonds. The summed E-state index contributed by atoms with van der Waals surface area (Å²) in [5.74, 6) is -1.19. The van der Waals surface area contributed by atoms with Gasteiger partial charge in [0.2, 0.25) is 0 Å². The fourth-order valence-corrected chi connectivity index (χ4v) is 2.17. The molecule has 1 aromatic carbocycles. The lowest BCUT2D eigenvalue weighted by molar-refractivity contribution is -0.384. The molecule has 150 valence electrons. The normalized spacial score (nSPS) is 10.9. The van der Waals surface area contributed by atoms with Crippen molar-refractivity contribution in [1.29, 1.82) is 0 Å². The minimum Gasteiger partial charge on any atom is -0.466 e. The third-order valence-electron chi connectivity index (χ3n) is 3.18. The second-order valence-corrected chi connectivity index (χ2v) is 6.62. The first-order chi connectivity index (χ1) is 12.5. The van der Waals surface area contributed by atoms with E-state index in [9.17, 15) is 24.1 Å². The fourth-order valence-electron chi connectivity index (χ4n) is 2.17. The number of benzene rings is 1. The summed E-state index contributed by atoms with van der Waals surface area (Å²) >= 11 is 0. The van der Waals surface area contributed by atoms with Crippen LogP contribution in [0, 0.1) is 15.9 Å². The Labute approximate surface area is 156 Å². The first-order valence-electron chi connectivity index (χ1n) is 8.31. The van der Waals surface area contributed by atoms with E-state index in [0.29, 0.717) is 0 Å². The Morgan fingerprint density at radius 3 is 2.48 bits per heavy atom. The van der Waals surface area contributed by atoms with Crippen molar-refractivity contribution in [2.24, 2.45) is 0 Å². The SMILES string of the molecule is CC(=O)OCCc1c(F)ccc([N+](=O)[O-])c1NCCNC(=O)OC(C)(C)C. The number of nitro benzene ring substituents is 1. The zero-order valence-corrected chi connectivity index (χ0v) is 15.8. The van der Waals surface area contributed by atoms with Crippen LogP contribution >= 0.6 is 0 Å². The number of amides is 1. The summed E-state index contributed by atoms with van der Waals surface area (Å²) in [5, 5.41) is 16.5. The maximum atomic E-state index is 14.1. The number of anilines is 1. The third-order valence-corrected chi connectivity index (χ3v) is 3.18. The highest BCUT2D eigenvalue weighted by Gasteiger charge is 2.21. The molecule has 0 heterocycles. The molecule has 10 heteroatoms. The van der Waals surface area contributed by atoms with Gasteiger partial charge in [0, 0.05) is 38.1 Å². The van der Waals surface area contributed by atoms with Gasteiger partial charge in [-0.1, -0.05) is 0 Å². The molecule has 1 rings (SSSR count). The van der Waals surface area contributed by atoms with Crippen LogP contribution in [0.4, 0.5) is 20.6 Å². The molecule has 0 aliphatic carbocycles. The van der Waals surface area contributed by atoms with Crippen molar-refractivity contribution in [2.75, 3.05) is 25.0 Å². The largest absolute Gasteiger partial charge is 0.466 e. The second-order valence-electron chi connectivity index (χ2n) is 6.62. The van der Waals surface area contributed by atoms with E-state index in [2.05, 4.69) is 10.6 Å². The van der Waals surface area contributed by atoms with Gasteiger partial charge in [0.05, 0.1) is 11.5 Å². The van der Waals surface area contributed by atoms with Crippen LogP contribution in [0.5, 0.6) is 0 Å². The van der Waals surface area contributed by atoms with Crippen LogP contribution < -0.4 is 10.6 Å². The van der Waals surface area contributed by atoms with E-state index in [1.54, 1.807) is 20.8 Å². The molecule has 0 aliphatic heterocycles. The maximum absolute atomic E-state index is 14.1. The Morgan fingerprint density at radius 1 is 1.26 bits per heavy atom. The van der Waals surface area contributed by atoms with E-state index < -0.39 is 28.4 Å². The molecule has 9 nitrogen and oxygen atoms in total. The van der Waals surface area contributed by atoms with Crippen LogP contribution in [0.3, 0.4) is 0 Å². The minimum absolute atomic E-state index is 0.0156. The highest BCUT2D eigenvalue weighted by Crippen LogP contribution is 2.30. The topological polar surface area (TPSA) is 120 Å². The second kappa shape index (κ2) is 9.70. The molecule has 0 aliphatic rings. The predicted molar refractivity (Wildman–Crippen MR) is 96.1 cm³/mol. The van der Waals surface area contributed by atoms with Gasteiger partial charge in [-0.05, 0) is 26.8 Å². The lowest BCUT2D eigenvalue weighted by Crippen LogP contribution is -2.35. The summed E-state index contributed by atoms with van der Waals surface area (Å²) in [6.45, 7) is 6.46. The number of esters is 1. The van der Waals surface area contributed by atoms with Crippen molar-refractivity contribution in [3.05, 3.63) is 33.6 Å². The Balaban J connectivity index is 2.81. The Kier molecular flexibility index (Phi) is 7.95. The van der Waals surface area contributed by atoms with Crippen molar-refractivity contribution in [1.82, 2.24) is 5.32 Å². The first kappa shape index (κ1) is 22.1. The van der Waals surface area contributed by atoms with Crippen molar-refractivity contribution in [2.45, 2.75) is 39.7 Å². The van der Waals surface area contributed by atoms with Crippen molar-refractivity contribution >= 4 is 23.4 Å². The number of halogens is 1. The van der Waals surface area contributed by atoms with Gasteiger partial charge in [0.25, 0.3) is 5.69 Å². The van der Waals surface area contributed by atoms with E-state index >= 15 is 0 Å². The van der Waals surface area contributed by atoms with Crippen LogP contribution in [0.25, 0.3) is 0 Å². The number of nitro groups is 1. The van der Waals surface area contributed by atoms with Gasteiger partial charge in [-0.25, -0.2) is 9.18 Å². The zero-order chi connectivity index (χ0) is 20.6. The predicted octanol–water partition coefficient (Wildman–Crippen LogP) is 2.78. The summed E-state index contributed by atoms with van der Waals surface area (Å²) in [4.78, 5) is 33.0. The van der Waals surface area contributed by atoms with Crippen LogP contribution in [-0.2, 0) is 20.7 Å². The molecule has 0 aromatic heterocycles. The van der Waals surface area contributed by atoms with Crippen LogP contribution in [0.15, 0.2) is 12.1 Å². The van der Waals surface area contributed by atoms with E-state index in [-0.39, 0.29) is 43.1 Å². The van der Waals surface area contributed by atoms with Crippen molar-refractivity contribution in [3.8, 4) is 0 Å². The van der Waals surface area contributed by atoms with Gasteiger partial charge >= 0.3 is 12.1 Å². The van der Waals surface area contributed by atoms with Crippen LogP contribution in [-0.4, -0.2) is 42.3 Å². The lowest BCUT2D eigenvalue weighted by atomic mass is 10.1. The fraction of sp³-hybridized carbons (Fsp3) is 0.529. The van der Waals surface area contributed by atoms with Crippen molar-refractivity contribution < 1.29 is 28.4 Å². The summed E-state index contributed by atoms with van der Waals surface area (Å²) in [7, 11) is 0. The number of ether oxygens (including phenoxy) is 2. The average molecular weight is 385 g/mol. The molecule has 1 aromatic rings. The summed E-state index contributed by atoms with van der Waals surface area (Å²) in [6.07, 6.45) is -0.664. The van der Waals surface area contributed by atoms with Gasteiger partial charge in [-0.15, -0.1) is 0 Å². The van der Waals surface area contributed by atoms with Gasteiger partial charge in [0.1, 0.15) is 17.1 Å². The highest BCUT2D eigenvalue weighted by molar-refractivity contribution is 5.69. The summed E-state index contributed by atoms with van der Waals surface area (Å²) in [6, 6.07) is 2.04. The zero-order valence-electron chi connectivity index (χ0n) is 15.8. The van der Waals surface area contributed by atoms with Gasteiger partial charge in [-0.3, -0.25) is 14.9 Å². The molecule has 0 spiro atoms. The number of nitrogens with one attached hydrogen (secondary N) is 2. The van der Waals surface area contributed by atoms with Gasteiger partial charge < -0.3 is 20.1 Å². The van der Waals surface area contributed by atoms with Crippen LogP contribution in [0.1, 0.15) is 33.3 Å². The molecule has 0 unspecified atom stereocenters. The number of alkyl carbamates (subject to hydrolysis) is 1. The third kappa shape index (κ3) is 7.89. The summed E-state index contributed by atoms with van der Waals surface area (Å²) in [5.41, 5.74) is -0.949. The maximum Gasteiger partial charge on any atom is 0.407 e. The Morgan fingerprint density at radius 2 is 1.93 bits per heavy atom. The monoisotopic (exact) mass is 385 g/mol. The molecule has 0 fully saturated rings. The molecule has 27 heavy (non-hydrogen) atoms. The number of hydrogen-bond acceptors (Lipinski definition) is 7. The molecular weight excluding hydrogens is 361 g/mol. The van der Waals surface area contributed by atoms with E-state index in [1.165, 1.54) is 6.92 Å². The lowest BCUT2D eigenvalue weighted by Gasteiger charge is -2.20. The first-order valence-corrected chi connectivity index (χ1v) is 8.31. The Bertz CT molecular complexity index is 703. The molecule has 0 atom stereocenters. The van der Waals surface area contributed by atoms with E-state index in [0.717, 1.165) is 12.1 Å². The number of carbonyl (C=O) groups is 2. The average Bonchev–Trinajstić information content (AvgIpc) is 2.51. The number of rotatable bonds is 8. The summed E-state index contributed by atoms with van der Waals surface area (Å²) < 4.78 is 24.0. The minimum atomic E-state index is -0.657. The molecule has 0 saturated heterocycles. The van der Waals surface area contributed by atoms with Gasteiger partial charge in [0.15, 0.2) is 0 Å².